The van der Waals surface area contributed by atoms with Crippen molar-refractivity contribution < 1.29 is 19.4 Å². The number of fused-ring (bicyclic) bond motifs is 5. The first kappa shape index (κ1) is 12.2. The highest BCUT2D eigenvalue weighted by Crippen LogP contribution is 2.62. The van der Waals surface area contributed by atoms with E-state index in [0.29, 0.717) is 5.92 Å². The number of carbonyl (C=O) groups is 1. The fourth-order valence-electron chi connectivity index (χ4n) is 5.01. The molecule has 1 N–H and O–H groups in total. The Labute approximate surface area is 113 Å². The molecule has 4 heteroatoms. The molecule has 0 aromatic rings. The Morgan fingerprint density at radius 2 is 2.05 bits per heavy atom. The summed E-state index contributed by atoms with van der Waals surface area (Å²) >= 11 is 0. The first-order valence-electron chi connectivity index (χ1n) is 7.45. The van der Waals surface area contributed by atoms with E-state index in [-0.39, 0.29) is 41.5 Å². The van der Waals surface area contributed by atoms with Gasteiger partial charge in [0.2, 0.25) is 0 Å². The molecule has 4 nitrogen and oxygen atoms in total. The van der Waals surface area contributed by atoms with Gasteiger partial charge >= 0.3 is 5.97 Å². The van der Waals surface area contributed by atoms with Gasteiger partial charge in [0.15, 0.2) is 0 Å². The van der Waals surface area contributed by atoms with Gasteiger partial charge in [-0.3, -0.25) is 4.79 Å². The highest BCUT2D eigenvalue weighted by Gasteiger charge is 2.71. The third-order valence-corrected chi connectivity index (χ3v) is 6.38. The highest BCUT2D eigenvalue weighted by atomic mass is 16.6. The van der Waals surface area contributed by atoms with Crippen molar-refractivity contribution >= 4 is 5.97 Å². The summed E-state index contributed by atoms with van der Waals surface area (Å²) in [5, 5.41) is 10.7. The molecule has 4 aliphatic rings. The van der Waals surface area contributed by atoms with Crippen molar-refractivity contribution in [2.75, 3.05) is 0 Å². The number of carbonyl (C=O) groups excluding carboxylic acids is 1. The third kappa shape index (κ3) is 1.39. The lowest BCUT2D eigenvalue weighted by Gasteiger charge is -2.32. The number of ether oxygens (including phenoxy) is 2. The molecule has 2 heterocycles. The van der Waals surface area contributed by atoms with Crippen molar-refractivity contribution in [3.05, 3.63) is 0 Å². The van der Waals surface area contributed by atoms with Crippen LogP contribution in [-0.4, -0.2) is 34.5 Å². The highest BCUT2D eigenvalue weighted by molar-refractivity contribution is 5.75. The van der Waals surface area contributed by atoms with Crippen molar-refractivity contribution in [3.63, 3.8) is 0 Å². The van der Waals surface area contributed by atoms with Gasteiger partial charge in [-0.25, -0.2) is 0 Å². The van der Waals surface area contributed by atoms with Crippen LogP contribution in [0.25, 0.3) is 0 Å². The van der Waals surface area contributed by atoms with E-state index in [4.69, 9.17) is 9.47 Å². The largest absolute Gasteiger partial charge is 0.459 e. The van der Waals surface area contributed by atoms with Gasteiger partial charge < -0.3 is 14.6 Å². The fraction of sp³-hybridized carbons (Fsp3) is 0.933. The molecule has 2 aliphatic carbocycles. The third-order valence-electron chi connectivity index (χ3n) is 6.38. The molecule has 19 heavy (non-hydrogen) atoms. The van der Waals surface area contributed by atoms with Crippen LogP contribution in [0.4, 0.5) is 0 Å². The number of esters is 1. The topological polar surface area (TPSA) is 59.1 Å². The Morgan fingerprint density at radius 3 is 2.79 bits per heavy atom. The van der Waals surface area contributed by atoms with Crippen LogP contribution in [0.2, 0.25) is 0 Å². The number of hydrogen-bond acceptors (Lipinski definition) is 4. The van der Waals surface area contributed by atoms with Crippen LogP contribution in [0.1, 0.15) is 40.0 Å². The molecule has 0 bridgehead atoms. The van der Waals surface area contributed by atoms with Crippen molar-refractivity contribution in [2.24, 2.45) is 23.7 Å². The van der Waals surface area contributed by atoms with Crippen LogP contribution in [-0.2, 0) is 14.3 Å². The van der Waals surface area contributed by atoms with E-state index in [9.17, 15) is 9.90 Å². The minimum absolute atomic E-state index is 0.0512. The van der Waals surface area contributed by atoms with E-state index in [2.05, 4.69) is 6.92 Å². The molecule has 0 aromatic heterocycles. The molecule has 0 aromatic carbocycles. The summed E-state index contributed by atoms with van der Waals surface area (Å²) in [7, 11) is 0. The summed E-state index contributed by atoms with van der Waals surface area (Å²) in [5.74, 6) is 0.690. The number of hydrogen-bond donors (Lipinski definition) is 1. The maximum absolute atomic E-state index is 11.8. The van der Waals surface area contributed by atoms with Crippen LogP contribution >= 0.6 is 0 Å². The minimum atomic E-state index is -0.621. The Hall–Kier alpha value is -0.610. The average molecular weight is 266 g/mol. The van der Waals surface area contributed by atoms with Gasteiger partial charge in [-0.15, -0.1) is 0 Å². The molecule has 2 saturated carbocycles. The van der Waals surface area contributed by atoms with Crippen LogP contribution in [0, 0.1) is 23.7 Å². The molecule has 4 rings (SSSR count). The second-order valence-corrected chi connectivity index (χ2v) is 7.42. The molecule has 4 fully saturated rings. The first-order chi connectivity index (χ1) is 8.84. The zero-order valence-electron chi connectivity index (χ0n) is 11.8. The van der Waals surface area contributed by atoms with Crippen molar-refractivity contribution in [1.82, 2.24) is 0 Å². The van der Waals surface area contributed by atoms with Gasteiger partial charge in [0.25, 0.3) is 0 Å². The molecule has 8 atom stereocenters. The van der Waals surface area contributed by atoms with E-state index in [1.165, 1.54) is 0 Å². The Morgan fingerprint density at radius 1 is 1.32 bits per heavy atom. The normalized spacial score (nSPS) is 62.8. The molecule has 2 aliphatic heterocycles. The Bertz CT molecular complexity index is 445. The molecule has 2 saturated heterocycles. The second-order valence-electron chi connectivity index (χ2n) is 7.42. The smallest absolute Gasteiger partial charge is 0.309 e. The van der Waals surface area contributed by atoms with Crippen molar-refractivity contribution in [1.29, 1.82) is 0 Å². The maximum Gasteiger partial charge on any atom is 0.309 e. The SMILES string of the molecule is C[C@H]1C(=O)O[C@@H]2[C@@H]1C[C@@H]1[C@H](CC[C@@]1(C)O)[C@@]1(C)O[C@@H]21. The van der Waals surface area contributed by atoms with Crippen molar-refractivity contribution in [2.45, 2.75) is 63.4 Å². The Balaban J connectivity index is 1.74. The van der Waals surface area contributed by atoms with E-state index >= 15 is 0 Å². The van der Waals surface area contributed by atoms with Crippen LogP contribution < -0.4 is 0 Å². The molecule has 0 amide bonds. The maximum atomic E-state index is 11.8. The predicted molar refractivity (Wildman–Crippen MR) is 67.3 cm³/mol. The van der Waals surface area contributed by atoms with Crippen molar-refractivity contribution in [3.8, 4) is 0 Å². The van der Waals surface area contributed by atoms with E-state index in [1.807, 2.05) is 13.8 Å². The molecule has 0 unspecified atom stereocenters. The van der Waals surface area contributed by atoms with Crippen LogP contribution in [0.3, 0.4) is 0 Å². The average Bonchev–Trinajstić information content (AvgIpc) is 2.83. The standard InChI is InChI=1S/C15H22O4/c1-7-8-6-10-9(4-5-14(10,2)17)15(3)12(19-15)11(8)18-13(7)16/h7-12,17H,4-6H2,1-3H3/t7-,8-,9+,10-,11-,12+,14-,15-/m1/s1. The lowest BCUT2D eigenvalue weighted by Crippen LogP contribution is -2.37. The summed E-state index contributed by atoms with van der Waals surface area (Å²) in [4.78, 5) is 11.8. The number of epoxide rings is 1. The van der Waals surface area contributed by atoms with Crippen LogP contribution in [0.5, 0.6) is 0 Å². The molecule has 106 valence electrons. The zero-order chi connectivity index (χ0) is 13.6. The molecular formula is C15H22O4. The monoisotopic (exact) mass is 266 g/mol. The number of rotatable bonds is 0. The predicted octanol–water partition coefficient (Wildman–Crippen LogP) is 1.50. The van der Waals surface area contributed by atoms with Gasteiger partial charge in [-0.1, -0.05) is 6.92 Å². The van der Waals surface area contributed by atoms with E-state index < -0.39 is 5.60 Å². The first-order valence-corrected chi connectivity index (χ1v) is 7.45. The summed E-state index contributed by atoms with van der Waals surface area (Å²) in [5.41, 5.74) is -0.806. The van der Waals surface area contributed by atoms with E-state index in [1.54, 1.807) is 0 Å². The lowest BCUT2D eigenvalue weighted by atomic mass is 9.76. The zero-order valence-corrected chi connectivity index (χ0v) is 11.8. The van der Waals surface area contributed by atoms with Gasteiger partial charge in [-0.05, 0) is 44.9 Å². The Kier molecular flexibility index (Phi) is 2.14. The number of aliphatic hydroxyl groups is 1. The molecule has 0 radical (unpaired) electrons. The summed E-state index contributed by atoms with van der Waals surface area (Å²) in [6.07, 6.45) is 2.72. The summed E-state index contributed by atoms with van der Waals surface area (Å²) in [6.45, 7) is 6.04. The molecule has 0 spiro atoms. The lowest BCUT2D eigenvalue weighted by molar-refractivity contribution is -0.144. The van der Waals surface area contributed by atoms with Gasteiger partial charge in [0.05, 0.1) is 17.1 Å². The van der Waals surface area contributed by atoms with Gasteiger partial charge in [-0.2, -0.15) is 0 Å². The summed E-state index contributed by atoms with van der Waals surface area (Å²) < 4.78 is 11.5. The summed E-state index contributed by atoms with van der Waals surface area (Å²) in [6, 6.07) is 0. The fourth-order valence-corrected chi connectivity index (χ4v) is 5.01. The quantitative estimate of drug-likeness (QED) is 0.533. The van der Waals surface area contributed by atoms with Crippen LogP contribution in [0.15, 0.2) is 0 Å². The second kappa shape index (κ2) is 3.34. The molecular weight excluding hydrogens is 244 g/mol. The van der Waals surface area contributed by atoms with Gasteiger partial charge in [0.1, 0.15) is 12.2 Å². The van der Waals surface area contributed by atoms with E-state index in [0.717, 1.165) is 19.3 Å². The minimum Gasteiger partial charge on any atom is -0.459 e. The van der Waals surface area contributed by atoms with Gasteiger partial charge in [0, 0.05) is 5.92 Å².